The fourth-order valence-electron chi connectivity index (χ4n) is 5.48. The Bertz CT molecular complexity index is 1140. The Morgan fingerprint density at radius 2 is 1.67 bits per heavy atom. The summed E-state index contributed by atoms with van der Waals surface area (Å²) >= 11 is 0. The molecule has 168 valence electrons. The molecule has 4 aliphatic rings. The summed E-state index contributed by atoms with van der Waals surface area (Å²) in [5.41, 5.74) is 2.62. The van der Waals surface area contributed by atoms with Crippen molar-refractivity contribution in [2.45, 2.75) is 19.9 Å². The predicted octanol–water partition coefficient (Wildman–Crippen LogP) is 1.57. The van der Waals surface area contributed by atoms with Crippen LogP contribution in [-0.2, 0) is 4.79 Å². The minimum atomic E-state index is -0.411. The highest BCUT2D eigenvalue weighted by molar-refractivity contribution is 6.13. The minimum Gasteiger partial charge on any atom is -0.341 e. The van der Waals surface area contributed by atoms with Crippen LogP contribution < -0.4 is 4.90 Å². The van der Waals surface area contributed by atoms with Gasteiger partial charge in [0.1, 0.15) is 11.6 Å². The van der Waals surface area contributed by atoms with Gasteiger partial charge in [-0.1, -0.05) is 12.2 Å². The van der Waals surface area contributed by atoms with Crippen molar-refractivity contribution < 1.29 is 4.79 Å². The molecule has 1 amide bonds. The number of hydrazone groups is 1. The maximum atomic E-state index is 13.8. The van der Waals surface area contributed by atoms with Crippen LogP contribution in [0.3, 0.4) is 0 Å². The number of aryl methyl sites for hydroxylation is 2. The third-order valence-corrected chi connectivity index (χ3v) is 6.94. The molecule has 0 aromatic carbocycles. The molecule has 4 aliphatic heterocycles. The fourth-order valence-corrected chi connectivity index (χ4v) is 5.48. The summed E-state index contributed by atoms with van der Waals surface area (Å²) in [6.45, 7) is 7.26. The monoisotopic (exact) mass is 442 g/mol. The number of carbonyl (C=O) groups is 1. The lowest BCUT2D eigenvalue weighted by Gasteiger charge is -2.28. The van der Waals surface area contributed by atoms with Crippen LogP contribution in [-0.4, -0.2) is 73.7 Å². The van der Waals surface area contributed by atoms with E-state index in [0.29, 0.717) is 23.4 Å². The van der Waals surface area contributed by atoms with Crippen molar-refractivity contribution in [3.05, 3.63) is 66.2 Å². The number of anilines is 1. The molecular weight excluding hydrogens is 416 g/mol. The first-order valence-corrected chi connectivity index (χ1v) is 11.4. The lowest BCUT2D eigenvalue weighted by atomic mass is 9.92. The Balaban J connectivity index is 1.20. The standard InChI is InChI=1S/C24H26N8O/c1-15-10-16(2)28-24(27-15)31-13-17-11-30(12-18(17)14-31)23(33)20-19-6-3-4-9-32(19)29-21(20)22-25-7-5-8-26-22/h3-10,17-20H,11-14H2,1-2H3/t17-,18+,19?,20?. The van der Waals surface area contributed by atoms with E-state index in [-0.39, 0.29) is 11.9 Å². The van der Waals surface area contributed by atoms with Crippen molar-refractivity contribution in [3.8, 4) is 0 Å². The zero-order valence-corrected chi connectivity index (χ0v) is 18.7. The SMILES string of the molecule is Cc1cc(C)nc(N2C[C@H]3CN(C(=O)C4C(c5ncccn5)=NN5C=CC=CC45)C[C@H]3C2)n1. The lowest BCUT2D eigenvalue weighted by Crippen LogP contribution is -2.45. The van der Waals surface area contributed by atoms with E-state index in [1.807, 2.05) is 54.3 Å². The second kappa shape index (κ2) is 7.75. The zero-order chi connectivity index (χ0) is 22.5. The van der Waals surface area contributed by atoms with Crippen LogP contribution in [0.25, 0.3) is 0 Å². The number of allylic oxidation sites excluding steroid dienone is 2. The second-order valence-corrected chi connectivity index (χ2v) is 9.25. The number of nitrogens with zero attached hydrogens (tertiary/aromatic N) is 8. The Morgan fingerprint density at radius 1 is 0.970 bits per heavy atom. The number of hydrogen-bond donors (Lipinski definition) is 0. The second-order valence-electron chi connectivity index (χ2n) is 9.25. The van der Waals surface area contributed by atoms with Gasteiger partial charge in [0.2, 0.25) is 11.9 Å². The van der Waals surface area contributed by atoms with E-state index in [4.69, 9.17) is 5.10 Å². The van der Waals surface area contributed by atoms with Gasteiger partial charge in [-0.15, -0.1) is 0 Å². The quantitative estimate of drug-likeness (QED) is 0.713. The average molecular weight is 443 g/mol. The van der Waals surface area contributed by atoms with Crippen molar-refractivity contribution >= 4 is 17.6 Å². The molecule has 2 aromatic heterocycles. The topological polar surface area (TPSA) is 90.7 Å². The molecule has 2 aromatic rings. The summed E-state index contributed by atoms with van der Waals surface area (Å²) in [5, 5.41) is 6.56. The van der Waals surface area contributed by atoms with Crippen molar-refractivity contribution in [1.29, 1.82) is 0 Å². The molecule has 2 saturated heterocycles. The zero-order valence-electron chi connectivity index (χ0n) is 18.7. The highest BCUT2D eigenvalue weighted by Gasteiger charge is 2.48. The van der Waals surface area contributed by atoms with Crippen molar-refractivity contribution in [3.63, 3.8) is 0 Å². The first kappa shape index (κ1) is 20.0. The highest BCUT2D eigenvalue weighted by Crippen LogP contribution is 2.36. The van der Waals surface area contributed by atoms with E-state index >= 15 is 0 Å². The molecule has 4 atom stereocenters. The minimum absolute atomic E-state index is 0.109. The van der Waals surface area contributed by atoms with Gasteiger partial charge in [0, 0.05) is 68.0 Å². The first-order valence-electron chi connectivity index (χ1n) is 11.4. The van der Waals surface area contributed by atoms with Crippen molar-refractivity contribution in [1.82, 2.24) is 29.8 Å². The lowest BCUT2D eigenvalue weighted by molar-refractivity contribution is -0.133. The summed E-state index contributed by atoms with van der Waals surface area (Å²) in [7, 11) is 0. The van der Waals surface area contributed by atoms with Gasteiger partial charge in [-0.25, -0.2) is 19.9 Å². The largest absolute Gasteiger partial charge is 0.341 e. The molecule has 0 N–H and O–H groups in total. The van der Waals surface area contributed by atoms with Gasteiger partial charge in [-0.05, 0) is 32.1 Å². The van der Waals surface area contributed by atoms with Crippen molar-refractivity contribution in [2.24, 2.45) is 22.9 Å². The smallest absolute Gasteiger partial charge is 0.234 e. The molecule has 6 heterocycles. The first-order chi connectivity index (χ1) is 16.1. The van der Waals surface area contributed by atoms with Crippen LogP contribution >= 0.6 is 0 Å². The molecule has 2 unspecified atom stereocenters. The van der Waals surface area contributed by atoms with Gasteiger partial charge in [0.25, 0.3) is 0 Å². The Morgan fingerprint density at radius 3 is 2.36 bits per heavy atom. The third-order valence-electron chi connectivity index (χ3n) is 6.94. The number of hydrogen-bond acceptors (Lipinski definition) is 8. The van der Waals surface area contributed by atoms with Gasteiger partial charge in [0.15, 0.2) is 5.82 Å². The van der Waals surface area contributed by atoms with Gasteiger partial charge in [-0.2, -0.15) is 5.10 Å². The molecule has 0 radical (unpaired) electrons. The Labute approximate surface area is 192 Å². The predicted molar refractivity (Wildman–Crippen MR) is 123 cm³/mol. The van der Waals surface area contributed by atoms with Gasteiger partial charge in [0.05, 0.1) is 6.04 Å². The Kier molecular flexibility index (Phi) is 4.70. The van der Waals surface area contributed by atoms with Crippen LogP contribution in [0.2, 0.25) is 0 Å². The number of carbonyl (C=O) groups excluding carboxylic acids is 1. The van der Waals surface area contributed by atoms with Crippen LogP contribution in [0, 0.1) is 31.6 Å². The van der Waals surface area contributed by atoms with Gasteiger partial charge < -0.3 is 9.80 Å². The number of amides is 1. The van der Waals surface area contributed by atoms with Crippen LogP contribution in [0.1, 0.15) is 17.2 Å². The van der Waals surface area contributed by atoms with Gasteiger partial charge in [-0.3, -0.25) is 9.80 Å². The van der Waals surface area contributed by atoms with Crippen LogP contribution in [0.4, 0.5) is 5.95 Å². The third kappa shape index (κ3) is 3.48. The summed E-state index contributed by atoms with van der Waals surface area (Å²) in [6, 6.07) is 3.63. The molecule has 0 bridgehead atoms. The van der Waals surface area contributed by atoms with Crippen LogP contribution in [0.5, 0.6) is 0 Å². The number of likely N-dealkylation sites (tertiary alicyclic amines) is 1. The van der Waals surface area contributed by atoms with E-state index in [1.165, 1.54) is 0 Å². The summed E-state index contributed by atoms with van der Waals surface area (Å²) < 4.78 is 0. The van der Waals surface area contributed by atoms with E-state index in [0.717, 1.165) is 43.5 Å². The summed E-state index contributed by atoms with van der Waals surface area (Å²) in [6.07, 6.45) is 11.2. The molecule has 2 fully saturated rings. The highest BCUT2D eigenvalue weighted by atomic mass is 16.2. The molecule has 0 saturated carbocycles. The fraction of sp³-hybridized carbons (Fsp3) is 0.417. The van der Waals surface area contributed by atoms with E-state index < -0.39 is 5.92 Å². The number of aromatic nitrogens is 4. The van der Waals surface area contributed by atoms with Crippen LogP contribution in [0.15, 0.2) is 54.1 Å². The van der Waals surface area contributed by atoms with Crippen molar-refractivity contribution in [2.75, 3.05) is 31.1 Å². The molecule has 0 aliphatic carbocycles. The molecule has 33 heavy (non-hydrogen) atoms. The van der Waals surface area contributed by atoms with E-state index in [2.05, 4.69) is 24.8 Å². The van der Waals surface area contributed by atoms with E-state index in [9.17, 15) is 4.79 Å². The summed E-state index contributed by atoms with van der Waals surface area (Å²) in [4.78, 5) is 36.2. The summed E-state index contributed by atoms with van der Waals surface area (Å²) in [5.74, 6) is 1.87. The molecule has 9 nitrogen and oxygen atoms in total. The maximum Gasteiger partial charge on any atom is 0.234 e. The average Bonchev–Trinajstić information content (AvgIpc) is 3.50. The normalized spacial score (nSPS) is 27.7. The molecule has 9 heteroatoms. The van der Waals surface area contributed by atoms with Gasteiger partial charge >= 0.3 is 0 Å². The maximum absolute atomic E-state index is 13.8. The number of fused-ring (bicyclic) bond motifs is 2. The molecule has 0 spiro atoms. The molecular formula is C24H26N8O. The van der Waals surface area contributed by atoms with E-state index in [1.54, 1.807) is 18.5 Å². The Hall–Kier alpha value is -3.62. The molecule has 6 rings (SSSR count). The number of rotatable bonds is 3.